The highest BCUT2D eigenvalue weighted by Gasteiger charge is 2.23. The summed E-state index contributed by atoms with van der Waals surface area (Å²) in [5, 5.41) is 9.67. The maximum atomic E-state index is 12.6. The van der Waals surface area contributed by atoms with E-state index in [0.717, 1.165) is 4.88 Å². The molecule has 0 aliphatic heterocycles. The maximum absolute atomic E-state index is 12.6. The van der Waals surface area contributed by atoms with Gasteiger partial charge in [0.15, 0.2) is 0 Å². The number of halogens is 1. The molecule has 0 aromatic carbocycles. The number of ether oxygens (including phenoxy) is 1. The largest absolute Gasteiger partial charge is 0.480 e. The van der Waals surface area contributed by atoms with Gasteiger partial charge in [0.1, 0.15) is 16.4 Å². The molecule has 0 saturated heterocycles. The van der Waals surface area contributed by atoms with E-state index < -0.39 is 5.97 Å². The lowest BCUT2D eigenvalue weighted by Gasteiger charge is -2.19. The molecule has 2 aromatic heterocycles. The first-order valence-electron chi connectivity index (χ1n) is 6.65. The lowest BCUT2D eigenvalue weighted by molar-refractivity contribution is -0.137. The van der Waals surface area contributed by atoms with Crippen LogP contribution in [0.4, 0.5) is 0 Å². The molecule has 0 saturated carbocycles. The standard InChI is InChI=1S/C14H15ClN2O4S2/c1-8-12(14(20)17(5-6-21-2)7-11(18)19)23-13(16-8)9-3-4-10(15)22-9/h3-4H,5-7H2,1-2H3,(H,18,19). The fourth-order valence-electron chi connectivity index (χ4n) is 1.89. The number of carboxylic acids is 1. The zero-order valence-electron chi connectivity index (χ0n) is 12.5. The van der Waals surface area contributed by atoms with E-state index >= 15 is 0 Å². The molecular formula is C14H15ClN2O4S2. The van der Waals surface area contributed by atoms with Gasteiger partial charge < -0.3 is 14.7 Å². The van der Waals surface area contributed by atoms with E-state index in [4.69, 9.17) is 21.4 Å². The van der Waals surface area contributed by atoms with Crippen molar-refractivity contribution >= 4 is 46.2 Å². The van der Waals surface area contributed by atoms with Crippen LogP contribution in [0.5, 0.6) is 0 Å². The Morgan fingerprint density at radius 2 is 2.13 bits per heavy atom. The maximum Gasteiger partial charge on any atom is 0.323 e. The van der Waals surface area contributed by atoms with Crippen molar-refractivity contribution in [2.45, 2.75) is 6.92 Å². The molecule has 0 aliphatic carbocycles. The van der Waals surface area contributed by atoms with E-state index in [0.29, 0.717) is 19.9 Å². The zero-order valence-corrected chi connectivity index (χ0v) is 14.9. The molecule has 0 unspecified atom stereocenters. The molecule has 0 aliphatic rings. The van der Waals surface area contributed by atoms with Crippen LogP contribution in [0.3, 0.4) is 0 Å². The number of carbonyl (C=O) groups is 2. The first-order chi connectivity index (χ1) is 10.9. The number of methoxy groups -OCH3 is 1. The van der Waals surface area contributed by atoms with Gasteiger partial charge in [-0.3, -0.25) is 9.59 Å². The first kappa shape index (κ1) is 17.9. The highest BCUT2D eigenvalue weighted by Crippen LogP contribution is 2.35. The Kier molecular flexibility index (Phi) is 6.11. The molecule has 124 valence electrons. The van der Waals surface area contributed by atoms with E-state index in [1.165, 1.54) is 34.7 Å². The van der Waals surface area contributed by atoms with Gasteiger partial charge in [-0.1, -0.05) is 11.6 Å². The number of hydrogen-bond acceptors (Lipinski definition) is 6. The van der Waals surface area contributed by atoms with Gasteiger partial charge in [-0.15, -0.1) is 22.7 Å². The van der Waals surface area contributed by atoms with Crippen molar-refractivity contribution in [1.82, 2.24) is 9.88 Å². The number of aliphatic carboxylic acids is 1. The number of thiazole rings is 1. The minimum Gasteiger partial charge on any atom is -0.480 e. The van der Waals surface area contributed by atoms with Crippen LogP contribution in [-0.4, -0.2) is 53.7 Å². The number of nitrogens with zero attached hydrogens (tertiary/aromatic N) is 2. The topological polar surface area (TPSA) is 79.7 Å². The van der Waals surface area contributed by atoms with Crippen LogP contribution in [0, 0.1) is 6.92 Å². The van der Waals surface area contributed by atoms with Gasteiger partial charge in [0.25, 0.3) is 5.91 Å². The summed E-state index contributed by atoms with van der Waals surface area (Å²) in [6.07, 6.45) is 0. The summed E-state index contributed by atoms with van der Waals surface area (Å²) in [6, 6.07) is 3.62. The van der Waals surface area contributed by atoms with Gasteiger partial charge >= 0.3 is 5.97 Å². The average Bonchev–Trinajstić information content (AvgIpc) is 3.08. The summed E-state index contributed by atoms with van der Waals surface area (Å²) in [6.45, 7) is 1.83. The molecule has 1 N–H and O–H groups in total. The second-order valence-corrected chi connectivity index (χ2v) is 7.36. The average molecular weight is 375 g/mol. The van der Waals surface area contributed by atoms with Gasteiger partial charge in [0.05, 0.1) is 21.5 Å². The molecule has 23 heavy (non-hydrogen) atoms. The number of amides is 1. The lowest BCUT2D eigenvalue weighted by atomic mass is 10.3. The Hall–Kier alpha value is -1.48. The van der Waals surface area contributed by atoms with E-state index in [2.05, 4.69) is 4.98 Å². The predicted molar refractivity (Wildman–Crippen MR) is 90.6 cm³/mol. The third-order valence-corrected chi connectivity index (χ3v) is 5.50. The molecule has 9 heteroatoms. The second-order valence-electron chi connectivity index (χ2n) is 4.65. The van der Waals surface area contributed by atoms with Crippen LogP contribution in [0.25, 0.3) is 9.88 Å². The lowest BCUT2D eigenvalue weighted by Crippen LogP contribution is -2.37. The van der Waals surface area contributed by atoms with Crippen molar-refractivity contribution in [2.24, 2.45) is 0 Å². The van der Waals surface area contributed by atoms with Gasteiger partial charge in [-0.05, 0) is 19.1 Å². The van der Waals surface area contributed by atoms with Crippen LogP contribution in [0.1, 0.15) is 15.4 Å². The summed E-state index contributed by atoms with van der Waals surface area (Å²) in [5.74, 6) is -1.42. The van der Waals surface area contributed by atoms with Crippen molar-refractivity contribution in [3.63, 3.8) is 0 Å². The SMILES string of the molecule is COCCN(CC(=O)O)C(=O)c1sc(-c2ccc(Cl)s2)nc1C. The molecule has 6 nitrogen and oxygen atoms in total. The van der Waals surface area contributed by atoms with E-state index in [9.17, 15) is 9.59 Å². The van der Waals surface area contributed by atoms with Crippen LogP contribution >= 0.6 is 34.3 Å². The number of hydrogen-bond donors (Lipinski definition) is 1. The fraction of sp³-hybridized carbons (Fsp3) is 0.357. The van der Waals surface area contributed by atoms with Crippen molar-refractivity contribution in [2.75, 3.05) is 26.8 Å². The quantitative estimate of drug-likeness (QED) is 0.805. The summed E-state index contributed by atoms with van der Waals surface area (Å²) < 4.78 is 5.58. The van der Waals surface area contributed by atoms with Crippen LogP contribution in [0.2, 0.25) is 4.34 Å². The molecular weight excluding hydrogens is 360 g/mol. The highest BCUT2D eigenvalue weighted by molar-refractivity contribution is 7.24. The number of rotatable bonds is 7. The van der Waals surface area contributed by atoms with E-state index in [-0.39, 0.29) is 25.6 Å². The molecule has 0 spiro atoms. The molecule has 0 bridgehead atoms. The molecule has 2 heterocycles. The normalized spacial score (nSPS) is 10.7. The Balaban J connectivity index is 2.26. The number of aryl methyl sites for hydroxylation is 1. The smallest absolute Gasteiger partial charge is 0.323 e. The van der Waals surface area contributed by atoms with Crippen LogP contribution in [-0.2, 0) is 9.53 Å². The molecule has 0 atom stereocenters. The fourth-order valence-corrected chi connectivity index (χ4v) is 4.02. The summed E-state index contributed by atoms with van der Waals surface area (Å²) in [7, 11) is 1.50. The van der Waals surface area contributed by atoms with Gasteiger partial charge in [-0.2, -0.15) is 0 Å². The zero-order chi connectivity index (χ0) is 17.0. The van der Waals surface area contributed by atoms with Gasteiger partial charge in [0.2, 0.25) is 0 Å². The molecule has 2 aromatic rings. The summed E-state index contributed by atoms with van der Waals surface area (Å²) >= 11 is 8.55. The number of carboxylic acid groups (broad SMARTS) is 1. The summed E-state index contributed by atoms with van der Waals surface area (Å²) in [4.78, 5) is 30.5. The molecule has 0 fully saturated rings. The minimum absolute atomic E-state index is 0.207. The highest BCUT2D eigenvalue weighted by atomic mass is 35.5. The van der Waals surface area contributed by atoms with E-state index in [1.807, 2.05) is 6.07 Å². The van der Waals surface area contributed by atoms with Gasteiger partial charge in [0, 0.05) is 13.7 Å². The van der Waals surface area contributed by atoms with Crippen molar-refractivity contribution in [3.8, 4) is 9.88 Å². The first-order valence-corrected chi connectivity index (χ1v) is 8.66. The number of thiophene rings is 1. The van der Waals surface area contributed by atoms with Crippen molar-refractivity contribution in [1.29, 1.82) is 0 Å². The molecule has 0 radical (unpaired) electrons. The number of carbonyl (C=O) groups excluding carboxylic acids is 1. The predicted octanol–water partition coefficient (Wildman–Crippen LogP) is 3.01. The number of aromatic nitrogens is 1. The minimum atomic E-state index is -1.07. The third-order valence-electron chi connectivity index (χ3n) is 2.95. The summed E-state index contributed by atoms with van der Waals surface area (Å²) in [5.41, 5.74) is 0.576. The Morgan fingerprint density at radius 3 is 2.70 bits per heavy atom. The monoisotopic (exact) mass is 374 g/mol. The second kappa shape index (κ2) is 7.87. The van der Waals surface area contributed by atoms with Crippen molar-refractivity contribution < 1.29 is 19.4 Å². The van der Waals surface area contributed by atoms with Crippen LogP contribution < -0.4 is 0 Å². The third kappa shape index (κ3) is 4.51. The van der Waals surface area contributed by atoms with Gasteiger partial charge in [-0.25, -0.2) is 4.98 Å². The Morgan fingerprint density at radius 1 is 1.39 bits per heavy atom. The molecule has 1 amide bonds. The Labute approximate surface area is 146 Å². The van der Waals surface area contributed by atoms with Crippen LogP contribution in [0.15, 0.2) is 12.1 Å². The molecule has 2 rings (SSSR count). The van der Waals surface area contributed by atoms with Crippen molar-refractivity contribution in [3.05, 3.63) is 27.0 Å². The Bertz CT molecular complexity index is 713. The van der Waals surface area contributed by atoms with E-state index in [1.54, 1.807) is 13.0 Å².